The summed E-state index contributed by atoms with van der Waals surface area (Å²) in [5.41, 5.74) is 3.08. The van der Waals surface area contributed by atoms with E-state index in [-0.39, 0.29) is 37.6 Å². The van der Waals surface area contributed by atoms with E-state index < -0.39 is 0 Å². The molecular weight excluding hydrogens is 470 g/mol. The standard InChI is InChI=1S/2C15H20P.Ti/c2*1-11(2)16(12(3)4)15-9-13-7-5-6-8-14(13)10-15;/h2*5-12H,1-4H3;/q2*-1;+2. The molecule has 0 spiro atoms. The van der Waals surface area contributed by atoms with Gasteiger partial charge in [0.1, 0.15) is 0 Å². The molecular formula is C30H40P2Ti. The molecule has 0 saturated heterocycles. The predicted molar refractivity (Wildman–Crippen MR) is 153 cm³/mol. The molecule has 4 aromatic carbocycles. The fourth-order valence-electron chi connectivity index (χ4n) is 4.95. The van der Waals surface area contributed by atoms with E-state index in [0.29, 0.717) is 0 Å². The Morgan fingerprint density at radius 3 is 1.09 bits per heavy atom. The van der Waals surface area contributed by atoms with Crippen LogP contribution < -0.4 is 10.6 Å². The molecule has 0 amide bonds. The second-order valence-electron chi connectivity index (χ2n) is 9.87. The second kappa shape index (κ2) is 12.8. The van der Waals surface area contributed by atoms with Gasteiger partial charge in [0.2, 0.25) is 0 Å². The fourth-order valence-corrected chi connectivity index (χ4v) is 10.9. The minimum atomic E-state index is -0.0206. The molecule has 0 aliphatic heterocycles. The minimum absolute atomic E-state index is 0. The molecule has 0 saturated carbocycles. The van der Waals surface area contributed by atoms with E-state index in [4.69, 9.17) is 0 Å². The van der Waals surface area contributed by atoms with E-state index in [1.54, 1.807) is 10.6 Å². The number of benzene rings is 2. The van der Waals surface area contributed by atoms with E-state index in [2.05, 4.69) is 128 Å². The average molecular weight is 510 g/mol. The van der Waals surface area contributed by atoms with Gasteiger partial charge in [-0.15, -0.1) is 80.7 Å². The van der Waals surface area contributed by atoms with Gasteiger partial charge in [-0.05, 0) is 22.6 Å². The zero-order valence-electron chi connectivity index (χ0n) is 21.6. The molecule has 0 N–H and O–H groups in total. The van der Waals surface area contributed by atoms with Crippen molar-refractivity contribution in [1.82, 2.24) is 0 Å². The van der Waals surface area contributed by atoms with Crippen molar-refractivity contribution in [1.29, 1.82) is 0 Å². The Morgan fingerprint density at radius 1 is 0.515 bits per heavy atom. The van der Waals surface area contributed by atoms with E-state index in [9.17, 15) is 0 Å². The topological polar surface area (TPSA) is 0 Å². The van der Waals surface area contributed by atoms with E-state index >= 15 is 0 Å². The van der Waals surface area contributed by atoms with Gasteiger partial charge in [-0.1, -0.05) is 83.4 Å². The quantitative estimate of drug-likeness (QED) is 0.138. The summed E-state index contributed by atoms with van der Waals surface area (Å²) in [5, 5.41) is 8.72. The van der Waals surface area contributed by atoms with Crippen molar-refractivity contribution in [3.8, 4) is 0 Å². The van der Waals surface area contributed by atoms with E-state index in [1.165, 1.54) is 21.5 Å². The Morgan fingerprint density at radius 2 is 0.818 bits per heavy atom. The molecule has 0 fully saturated rings. The van der Waals surface area contributed by atoms with Crippen LogP contribution in [0.2, 0.25) is 0 Å². The van der Waals surface area contributed by atoms with Crippen molar-refractivity contribution in [2.75, 3.05) is 0 Å². The summed E-state index contributed by atoms with van der Waals surface area (Å²) in [4.78, 5) is 0. The normalized spacial score (nSPS) is 11.8. The van der Waals surface area contributed by atoms with Crippen molar-refractivity contribution in [3.63, 3.8) is 0 Å². The van der Waals surface area contributed by atoms with Crippen molar-refractivity contribution < 1.29 is 21.7 Å². The number of rotatable bonds is 6. The molecule has 0 atom stereocenters. The van der Waals surface area contributed by atoms with Gasteiger partial charge in [-0.25, -0.2) is 0 Å². The van der Waals surface area contributed by atoms with Gasteiger partial charge in [-0.3, -0.25) is 0 Å². The summed E-state index contributed by atoms with van der Waals surface area (Å²) in [6.07, 6.45) is 0. The maximum absolute atomic E-state index is 2.39. The first kappa shape index (κ1) is 28.5. The first-order chi connectivity index (χ1) is 15.2. The number of hydrogen-bond donors (Lipinski definition) is 0. The van der Waals surface area contributed by atoms with Gasteiger partial charge >= 0.3 is 21.7 Å². The zero-order chi connectivity index (χ0) is 23.4. The van der Waals surface area contributed by atoms with Crippen molar-refractivity contribution in [2.45, 2.75) is 78.0 Å². The first-order valence-corrected chi connectivity index (χ1v) is 15.0. The third kappa shape index (κ3) is 7.12. The van der Waals surface area contributed by atoms with Gasteiger partial charge in [-0.2, -0.15) is 12.1 Å². The van der Waals surface area contributed by atoms with Gasteiger partial charge in [0.25, 0.3) is 0 Å². The van der Waals surface area contributed by atoms with Gasteiger partial charge in [0, 0.05) is 0 Å². The largest absolute Gasteiger partial charge is 2.00 e. The molecule has 0 radical (unpaired) electrons. The maximum Gasteiger partial charge on any atom is 2.00 e. The summed E-state index contributed by atoms with van der Waals surface area (Å²) in [6, 6.07) is 26.9. The van der Waals surface area contributed by atoms with E-state index in [1.807, 2.05) is 0 Å². The Balaban J connectivity index is 0.000000227. The van der Waals surface area contributed by atoms with Gasteiger partial charge < -0.3 is 0 Å². The second-order valence-corrected chi connectivity index (χ2v) is 16.7. The molecule has 33 heavy (non-hydrogen) atoms. The third-order valence-corrected chi connectivity index (χ3v) is 12.2. The molecule has 174 valence electrons. The summed E-state index contributed by atoms with van der Waals surface area (Å²) in [5.74, 6) is 0. The van der Waals surface area contributed by atoms with E-state index in [0.717, 1.165) is 22.6 Å². The molecule has 0 aliphatic rings. The monoisotopic (exact) mass is 510 g/mol. The molecule has 3 heteroatoms. The smallest absolute Gasteiger partial charge is 0.161 e. The Labute approximate surface area is 219 Å². The molecule has 0 bridgehead atoms. The number of hydrogen-bond acceptors (Lipinski definition) is 0. The van der Waals surface area contributed by atoms with Crippen LogP contribution in [-0.2, 0) is 21.7 Å². The molecule has 0 heterocycles. The van der Waals surface area contributed by atoms with Crippen molar-refractivity contribution in [2.24, 2.45) is 0 Å². The first-order valence-electron chi connectivity index (χ1n) is 12.1. The summed E-state index contributed by atoms with van der Waals surface area (Å²) < 4.78 is 0. The van der Waals surface area contributed by atoms with Crippen LogP contribution in [0.15, 0.2) is 72.8 Å². The maximum atomic E-state index is 2.39. The molecule has 4 rings (SSSR count). The van der Waals surface area contributed by atoms with Crippen molar-refractivity contribution >= 4 is 48.0 Å². The zero-order valence-corrected chi connectivity index (χ0v) is 25.0. The van der Waals surface area contributed by atoms with Crippen LogP contribution in [0, 0.1) is 0 Å². The molecule has 0 unspecified atom stereocenters. The summed E-state index contributed by atoms with van der Waals surface area (Å²) in [6.45, 7) is 18.8. The molecule has 4 aromatic rings. The fraction of sp³-hybridized carbons (Fsp3) is 0.400. The summed E-state index contributed by atoms with van der Waals surface area (Å²) in [7, 11) is -0.0412. The van der Waals surface area contributed by atoms with Crippen LogP contribution >= 0.6 is 15.8 Å². The van der Waals surface area contributed by atoms with Crippen LogP contribution in [0.4, 0.5) is 0 Å². The Kier molecular flexibility index (Phi) is 11.0. The van der Waals surface area contributed by atoms with Crippen LogP contribution in [0.25, 0.3) is 21.5 Å². The minimum Gasteiger partial charge on any atom is -0.161 e. The average Bonchev–Trinajstić information content (AvgIpc) is 3.30. The van der Waals surface area contributed by atoms with Crippen LogP contribution in [0.5, 0.6) is 0 Å². The van der Waals surface area contributed by atoms with Crippen LogP contribution in [0.3, 0.4) is 0 Å². The van der Waals surface area contributed by atoms with Crippen LogP contribution in [0.1, 0.15) is 55.4 Å². The summed E-state index contributed by atoms with van der Waals surface area (Å²) >= 11 is 0. The predicted octanol–water partition coefficient (Wildman–Crippen LogP) is 8.96. The van der Waals surface area contributed by atoms with Crippen LogP contribution in [-0.4, -0.2) is 22.6 Å². The van der Waals surface area contributed by atoms with Gasteiger partial charge in [0.05, 0.1) is 0 Å². The van der Waals surface area contributed by atoms with Crippen molar-refractivity contribution in [3.05, 3.63) is 72.8 Å². The third-order valence-electron chi connectivity index (χ3n) is 6.03. The molecule has 0 nitrogen and oxygen atoms in total. The Bertz CT molecular complexity index is 944. The Hall–Kier alpha value is -0.766. The van der Waals surface area contributed by atoms with Gasteiger partial charge in [0.15, 0.2) is 0 Å². The molecule has 0 aliphatic carbocycles. The number of fused-ring (bicyclic) bond motifs is 2. The SMILES string of the molecule is CC(C)P(c1cc2ccccc2[cH-]1)C(C)C.CC(C)P(c1cc2ccccc2[cH-]1)C(C)C.[Ti+2]. The molecule has 0 aromatic heterocycles.